The molecule has 1 fully saturated rings. The van der Waals surface area contributed by atoms with Crippen LogP contribution >= 0.6 is 54.8 Å². The molecule has 13 N–H and O–H groups in total. The highest BCUT2D eigenvalue weighted by Gasteiger charge is 2.61. The first-order valence-corrected chi connectivity index (χ1v) is 19.4. The molecular weight excluding hydrogens is 721 g/mol. The van der Waals surface area contributed by atoms with E-state index in [0.29, 0.717) is 0 Å². The van der Waals surface area contributed by atoms with Gasteiger partial charge in [-0.15, -0.1) is 0 Å². The second kappa shape index (κ2) is 13.0. The van der Waals surface area contributed by atoms with Crippen LogP contribution in [0.2, 0.25) is 0 Å². The van der Waals surface area contributed by atoms with Crippen molar-refractivity contribution in [3.63, 3.8) is 0 Å². The molecule has 40 heavy (non-hydrogen) atoms. The molecule has 0 aromatic carbocycles. The summed E-state index contributed by atoms with van der Waals surface area (Å²) in [4.78, 5) is 109. The van der Waals surface area contributed by atoms with E-state index >= 15 is 0 Å². The molecule has 1 aliphatic carbocycles. The van der Waals surface area contributed by atoms with Crippen LogP contribution in [0.3, 0.4) is 0 Å². The normalized spacial score (nSPS) is 30.4. The van der Waals surface area contributed by atoms with Crippen LogP contribution in [0.1, 0.15) is 0 Å². The number of aliphatic hydroxyl groups is 1. The topological polar surface area (TPSA) is 447 Å². The third kappa shape index (κ3) is 14.5. The monoisotopic (exact) mass is 740 g/mol. The van der Waals surface area contributed by atoms with Gasteiger partial charge in [0.15, 0.2) is 0 Å². The van der Waals surface area contributed by atoms with Crippen molar-refractivity contribution < 1.29 is 127 Å². The van der Waals surface area contributed by atoms with E-state index in [-0.39, 0.29) is 0 Å². The van der Waals surface area contributed by atoms with E-state index in [1.807, 2.05) is 0 Å². The predicted molar refractivity (Wildman–Crippen MR) is 112 cm³/mol. The van der Waals surface area contributed by atoms with Crippen molar-refractivity contribution in [2.24, 2.45) is 0 Å². The zero-order valence-corrected chi connectivity index (χ0v) is 24.4. The van der Waals surface area contributed by atoms with Crippen LogP contribution in [0.25, 0.3) is 0 Å². The molecular formula is C6H19O27P7. The lowest BCUT2D eigenvalue weighted by atomic mass is 9.85. The Morgan fingerprint density at radius 1 is 0.350 bits per heavy atom. The minimum atomic E-state index is -6.40. The number of rotatable bonds is 14. The van der Waals surface area contributed by atoms with Crippen LogP contribution in [0.4, 0.5) is 0 Å². The smallest absolute Gasteiger partial charge is 0.387 e. The van der Waals surface area contributed by atoms with Crippen molar-refractivity contribution in [1.82, 2.24) is 0 Å². The van der Waals surface area contributed by atoms with Gasteiger partial charge in [-0.1, -0.05) is 0 Å². The van der Waals surface area contributed by atoms with Gasteiger partial charge in [-0.2, -0.15) is 8.62 Å². The molecule has 0 radical (unpaired) electrons. The molecule has 0 aromatic rings. The highest BCUT2D eigenvalue weighted by molar-refractivity contribution is 7.61. The first kappa shape index (κ1) is 38.8. The van der Waals surface area contributed by atoms with E-state index in [1.165, 1.54) is 0 Å². The molecule has 2 unspecified atom stereocenters. The van der Waals surface area contributed by atoms with Crippen molar-refractivity contribution in [3.8, 4) is 0 Å². The average molecular weight is 740 g/mol. The van der Waals surface area contributed by atoms with Crippen LogP contribution < -0.4 is 0 Å². The fourth-order valence-corrected chi connectivity index (χ4v) is 8.07. The average Bonchev–Trinajstić information content (AvgIpc) is 2.57. The van der Waals surface area contributed by atoms with E-state index in [0.717, 1.165) is 0 Å². The van der Waals surface area contributed by atoms with Crippen LogP contribution in [0, 0.1) is 0 Å². The zero-order valence-electron chi connectivity index (χ0n) is 18.1. The molecule has 0 spiro atoms. The summed E-state index contributed by atoms with van der Waals surface area (Å²) in [5.74, 6) is 0. The maximum Gasteiger partial charge on any atom is 0.481 e. The van der Waals surface area contributed by atoms with Gasteiger partial charge in [0.2, 0.25) is 0 Å². The maximum atomic E-state index is 12.2. The SMILES string of the molecule is O=P(O)(O)O[C@@H]1[C@@H](OP(=O)(O)OP(=O)(O)O)[C@H](OP(=O)(O)O)[C@@H](OP(=O)(O)OP(=O)(O)O)[C@H](O)[C@@H]1OP(=O)(O)O. The lowest BCUT2D eigenvalue weighted by Gasteiger charge is -2.47. The fourth-order valence-electron chi connectivity index (χ4n) is 2.83. The molecule has 240 valence electrons. The summed E-state index contributed by atoms with van der Waals surface area (Å²) in [5.41, 5.74) is 0. The molecule has 1 saturated carbocycles. The summed E-state index contributed by atoms with van der Waals surface area (Å²) in [6, 6.07) is 0. The number of hydrogen-bond acceptors (Lipinski definition) is 15. The lowest BCUT2D eigenvalue weighted by Crippen LogP contribution is -2.66. The lowest BCUT2D eigenvalue weighted by molar-refractivity contribution is -0.205. The van der Waals surface area contributed by atoms with Crippen molar-refractivity contribution in [1.29, 1.82) is 0 Å². The fraction of sp³-hybridized carbons (Fsp3) is 1.00. The number of aliphatic hydroxyl groups excluding tert-OH is 1. The van der Waals surface area contributed by atoms with Crippen LogP contribution in [-0.4, -0.2) is 100 Å². The van der Waals surface area contributed by atoms with E-state index in [1.54, 1.807) is 0 Å². The van der Waals surface area contributed by atoms with Crippen molar-refractivity contribution in [2.45, 2.75) is 36.6 Å². The Kier molecular flexibility index (Phi) is 12.7. The van der Waals surface area contributed by atoms with Crippen molar-refractivity contribution in [3.05, 3.63) is 0 Å². The molecule has 0 bridgehead atoms. The molecule has 1 aliphatic rings. The van der Waals surface area contributed by atoms with Gasteiger partial charge in [0.1, 0.15) is 36.6 Å². The zero-order chi connectivity index (χ0) is 31.9. The number of hydrogen-bond donors (Lipinski definition) is 13. The molecule has 0 amide bonds. The number of phosphoric ester groups is 5. The van der Waals surface area contributed by atoms with Gasteiger partial charge in [-0.25, -0.2) is 32.0 Å². The Labute approximate surface area is 219 Å². The largest absolute Gasteiger partial charge is 0.481 e. The Hall–Kier alpha value is 0.810. The van der Waals surface area contributed by atoms with Crippen LogP contribution in [0.15, 0.2) is 0 Å². The Balaban J connectivity index is 3.95. The van der Waals surface area contributed by atoms with Gasteiger partial charge in [0.05, 0.1) is 0 Å². The minimum absolute atomic E-state index is 3.16. The molecule has 27 nitrogen and oxygen atoms in total. The predicted octanol–water partition coefficient (Wildman–Crippen LogP) is -3.02. The molecule has 0 heterocycles. The van der Waals surface area contributed by atoms with E-state index < -0.39 is 91.4 Å². The molecule has 8 atom stereocenters. The highest BCUT2D eigenvalue weighted by Crippen LogP contribution is 2.63. The quantitative estimate of drug-likeness (QED) is 0.0788. The Morgan fingerprint density at radius 3 is 0.850 bits per heavy atom. The van der Waals surface area contributed by atoms with Gasteiger partial charge >= 0.3 is 54.8 Å². The van der Waals surface area contributed by atoms with E-state index in [4.69, 9.17) is 29.4 Å². The summed E-state index contributed by atoms with van der Waals surface area (Å²) in [6.45, 7) is 0. The standard InChI is InChI=1S/C6H19O27P7/c7-1-2(27-34(8,9)10)4(28-35(11,12)13)6(31-40(25,26)33-38(20,21)22)5(29-36(14,15)16)3(1)30-39(23,24)32-37(17,18)19/h1-7H,(H,23,24)(H,25,26)(H2,8,9,10)(H2,11,12,13)(H2,14,15,16)(H2,17,18,19)(H2,20,21,22)/t1-,2+,3+,4+,5-,6-/m1/s1. The third-order valence-electron chi connectivity index (χ3n) is 3.67. The Bertz CT molecular complexity index is 1230. The van der Waals surface area contributed by atoms with Crippen molar-refractivity contribution >= 4 is 54.8 Å². The van der Waals surface area contributed by atoms with Crippen LogP contribution in [0.5, 0.6) is 0 Å². The second-order valence-corrected chi connectivity index (χ2v) is 16.0. The first-order valence-electron chi connectivity index (χ1n) is 8.76. The summed E-state index contributed by atoms with van der Waals surface area (Å²) in [6.07, 6.45) is -19.5. The summed E-state index contributed by atoms with van der Waals surface area (Å²) in [5, 5.41) is 10.5. The highest BCUT2D eigenvalue weighted by atomic mass is 31.3. The van der Waals surface area contributed by atoms with Crippen molar-refractivity contribution in [2.75, 3.05) is 0 Å². The molecule has 1 rings (SSSR count). The number of phosphoric acid groups is 7. The summed E-state index contributed by atoms with van der Waals surface area (Å²) < 4.78 is 108. The van der Waals surface area contributed by atoms with Gasteiger partial charge < -0.3 is 63.8 Å². The molecule has 0 aliphatic heterocycles. The second-order valence-electron chi connectivity index (χ2n) is 6.89. The minimum Gasteiger partial charge on any atom is -0.387 e. The van der Waals surface area contributed by atoms with Gasteiger partial charge in [0, 0.05) is 0 Å². The van der Waals surface area contributed by atoms with Crippen LogP contribution in [-0.2, 0) is 63.2 Å². The van der Waals surface area contributed by atoms with Gasteiger partial charge in [0.25, 0.3) is 0 Å². The summed E-state index contributed by atoms with van der Waals surface area (Å²) in [7, 11) is -43.0. The third-order valence-corrected chi connectivity index (χ3v) is 9.60. The molecule has 0 aromatic heterocycles. The molecule has 34 heteroatoms. The van der Waals surface area contributed by atoms with E-state index in [9.17, 15) is 66.4 Å². The van der Waals surface area contributed by atoms with Gasteiger partial charge in [-0.3, -0.25) is 22.6 Å². The molecule has 0 saturated heterocycles. The van der Waals surface area contributed by atoms with E-state index in [2.05, 4.69) is 31.2 Å². The maximum absolute atomic E-state index is 12.2. The summed E-state index contributed by atoms with van der Waals surface area (Å²) >= 11 is 0. The first-order chi connectivity index (χ1) is 17.3. The van der Waals surface area contributed by atoms with Gasteiger partial charge in [-0.05, 0) is 0 Å². The Morgan fingerprint density at radius 2 is 0.575 bits per heavy atom.